The zero-order chi connectivity index (χ0) is 8.81. The lowest BCUT2D eigenvalue weighted by Gasteiger charge is -2.11. The van der Waals surface area contributed by atoms with Crippen molar-refractivity contribution < 1.29 is 0 Å². The molecule has 0 saturated heterocycles. The second-order valence-electron chi connectivity index (χ2n) is 4.10. The van der Waals surface area contributed by atoms with Gasteiger partial charge in [0, 0.05) is 0 Å². The molecule has 1 fully saturated rings. The van der Waals surface area contributed by atoms with Gasteiger partial charge in [-0.2, -0.15) is 0 Å². The zero-order valence-electron chi connectivity index (χ0n) is 8.40. The van der Waals surface area contributed by atoms with Gasteiger partial charge in [0.2, 0.25) is 0 Å². The molecule has 1 aliphatic rings. The van der Waals surface area contributed by atoms with Crippen LogP contribution in [0.25, 0.3) is 0 Å². The number of hydrogen-bond donors (Lipinski definition) is 2. The van der Waals surface area contributed by atoms with Crippen molar-refractivity contribution in [2.45, 2.75) is 26.2 Å². The SMILES string of the molecule is CNCC(C)CNCCC1CC1. The Labute approximate surface area is 76.1 Å². The van der Waals surface area contributed by atoms with E-state index in [1.54, 1.807) is 0 Å². The molecule has 0 heterocycles. The van der Waals surface area contributed by atoms with Gasteiger partial charge in [0.05, 0.1) is 0 Å². The number of hydrogen-bond acceptors (Lipinski definition) is 2. The number of rotatable bonds is 7. The van der Waals surface area contributed by atoms with Crippen LogP contribution in [0.2, 0.25) is 0 Å². The highest BCUT2D eigenvalue weighted by Crippen LogP contribution is 2.31. The van der Waals surface area contributed by atoms with E-state index in [9.17, 15) is 0 Å². The van der Waals surface area contributed by atoms with Gasteiger partial charge in [0.1, 0.15) is 0 Å². The minimum atomic E-state index is 0.759. The molecule has 0 spiro atoms. The molecule has 12 heavy (non-hydrogen) atoms. The summed E-state index contributed by atoms with van der Waals surface area (Å²) < 4.78 is 0. The van der Waals surface area contributed by atoms with Crippen LogP contribution in [0, 0.1) is 11.8 Å². The molecule has 1 unspecified atom stereocenters. The van der Waals surface area contributed by atoms with Crippen LogP contribution in [-0.2, 0) is 0 Å². The molecule has 1 rings (SSSR count). The second-order valence-corrected chi connectivity index (χ2v) is 4.10. The molecule has 1 atom stereocenters. The molecule has 2 nitrogen and oxygen atoms in total. The van der Waals surface area contributed by atoms with Crippen LogP contribution in [-0.4, -0.2) is 26.7 Å². The van der Waals surface area contributed by atoms with E-state index in [2.05, 4.69) is 17.6 Å². The van der Waals surface area contributed by atoms with Gasteiger partial charge in [-0.3, -0.25) is 0 Å². The van der Waals surface area contributed by atoms with Crippen LogP contribution in [0.4, 0.5) is 0 Å². The zero-order valence-corrected chi connectivity index (χ0v) is 8.40. The average Bonchev–Trinajstić information content (AvgIpc) is 2.82. The molecule has 2 N–H and O–H groups in total. The Bertz CT molecular complexity index is 110. The maximum absolute atomic E-state index is 3.50. The molecule has 0 bridgehead atoms. The van der Waals surface area contributed by atoms with Crippen molar-refractivity contribution in [3.05, 3.63) is 0 Å². The van der Waals surface area contributed by atoms with Gasteiger partial charge in [0.15, 0.2) is 0 Å². The smallest absolute Gasteiger partial charge is 0.00110 e. The highest BCUT2D eigenvalue weighted by molar-refractivity contribution is 4.73. The maximum Gasteiger partial charge on any atom is -0.00110 e. The average molecular weight is 170 g/mol. The van der Waals surface area contributed by atoms with E-state index in [-0.39, 0.29) is 0 Å². The quantitative estimate of drug-likeness (QED) is 0.562. The van der Waals surface area contributed by atoms with Gasteiger partial charge < -0.3 is 10.6 Å². The Hall–Kier alpha value is -0.0800. The van der Waals surface area contributed by atoms with Crippen molar-refractivity contribution in [1.29, 1.82) is 0 Å². The van der Waals surface area contributed by atoms with Crippen molar-refractivity contribution in [3.8, 4) is 0 Å². The normalized spacial score (nSPS) is 19.5. The van der Waals surface area contributed by atoms with Gasteiger partial charge in [-0.05, 0) is 44.9 Å². The molecule has 0 aromatic heterocycles. The van der Waals surface area contributed by atoms with Crippen molar-refractivity contribution in [2.24, 2.45) is 11.8 Å². The van der Waals surface area contributed by atoms with Crippen LogP contribution in [0.15, 0.2) is 0 Å². The van der Waals surface area contributed by atoms with E-state index in [0.29, 0.717) is 0 Å². The van der Waals surface area contributed by atoms with E-state index in [1.165, 1.54) is 25.8 Å². The van der Waals surface area contributed by atoms with E-state index in [1.807, 2.05) is 7.05 Å². The molecule has 1 saturated carbocycles. The summed E-state index contributed by atoms with van der Waals surface area (Å²) in [6.07, 6.45) is 4.35. The number of nitrogens with one attached hydrogen (secondary N) is 2. The lowest BCUT2D eigenvalue weighted by Crippen LogP contribution is -2.28. The van der Waals surface area contributed by atoms with E-state index in [4.69, 9.17) is 0 Å². The lowest BCUT2D eigenvalue weighted by atomic mass is 10.2. The first kappa shape index (κ1) is 10.0. The van der Waals surface area contributed by atoms with Gasteiger partial charge in [-0.1, -0.05) is 19.8 Å². The Kier molecular flexibility index (Phi) is 4.62. The van der Waals surface area contributed by atoms with E-state index in [0.717, 1.165) is 24.9 Å². The molecule has 0 aliphatic heterocycles. The van der Waals surface area contributed by atoms with Gasteiger partial charge in [-0.25, -0.2) is 0 Å². The summed E-state index contributed by atoms with van der Waals surface area (Å²) in [6, 6.07) is 0. The summed E-state index contributed by atoms with van der Waals surface area (Å²) in [6.45, 7) is 5.78. The standard InChI is InChI=1S/C10H22N2/c1-9(7-11-2)8-12-6-5-10-3-4-10/h9-12H,3-8H2,1-2H3. The summed E-state index contributed by atoms with van der Waals surface area (Å²) >= 11 is 0. The summed E-state index contributed by atoms with van der Waals surface area (Å²) in [5, 5.41) is 6.69. The summed E-state index contributed by atoms with van der Waals surface area (Å²) in [5.74, 6) is 1.83. The Morgan fingerprint density at radius 3 is 2.67 bits per heavy atom. The fourth-order valence-electron chi connectivity index (χ4n) is 1.48. The molecule has 72 valence electrons. The Morgan fingerprint density at radius 1 is 1.33 bits per heavy atom. The summed E-state index contributed by atoms with van der Waals surface area (Å²) in [7, 11) is 2.01. The topological polar surface area (TPSA) is 24.1 Å². The fourth-order valence-corrected chi connectivity index (χ4v) is 1.48. The predicted molar refractivity (Wildman–Crippen MR) is 53.3 cm³/mol. The van der Waals surface area contributed by atoms with E-state index >= 15 is 0 Å². The Balaban J connectivity index is 1.80. The van der Waals surface area contributed by atoms with Crippen LogP contribution in [0.5, 0.6) is 0 Å². The highest BCUT2D eigenvalue weighted by atomic mass is 14.9. The van der Waals surface area contributed by atoms with Crippen molar-refractivity contribution in [3.63, 3.8) is 0 Å². The Morgan fingerprint density at radius 2 is 2.08 bits per heavy atom. The second kappa shape index (κ2) is 5.55. The van der Waals surface area contributed by atoms with Crippen LogP contribution < -0.4 is 10.6 Å². The van der Waals surface area contributed by atoms with Gasteiger partial charge >= 0.3 is 0 Å². The van der Waals surface area contributed by atoms with E-state index < -0.39 is 0 Å². The third-order valence-electron chi connectivity index (χ3n) is 2.47. The molecule has 1 aliphatic carbocycles. The predicted octanol–water partition coefficient (Wildman–Crippen LogP) is 1.23. The largest absolute Gasteiger partial charge is 0.319 e. The summed E-state index contributed by atoms with van der Waals surface area (Å²) in [4.78, 5) is 0. The molecular formula is C10H22N2. The first-order chi connectivity index (χ1) is 5.83. The molecule has 0 radical (unpaired) electrons. The molecule has 0 amide bonds. The lowest BCUT2D eigenvalue weighted by molar-refractivity contribution is 0.482. The summed E-state index contributed by atoms with van der Waals surface area (Å²) in [5.41, 5.74) is 0. The third-order valence-corrected chi connectivity index (χ3v) is 2.47. The van der Waals surface area contributed by atoms with Crippen LogP contribution >= 0.6 is 0 Å². The fraction of sp³-hybridized carbons (Fsp3) is 1.00. The third kappa shape index (κ3) is 4.73. The maximum atomic E-state index is 3.50. The first-order valence-electron chi connectivity index (χ1n) is 5.18. The molecule has 2 heteroatoms. The van der Waals surface area contributed by atoms with Gasteiger partial charge in [0.25, 0.3) is 0 Å². The highest BCUT2D eigenvalue weighted by Gasteiger charge is 2.19. The van der Waals surface area contributed by atoms with Crippen LogP contribution in [0.3, 0.4) is 0 Å². The first-order valence-corrected chi connectivity index (χ1v) is 5.18. The van der Waals surface area contributed by atoms with Crippen LogP contribution in [0.1, 0.15) is 26.2 Å². The monoisotopic (exact) mass is 170 g/mol. The molecule has 0 aromatic carbocycles. The van der Waals surface area contributed by atoms with Crippen molar-refractivity contribution in [1.82, 2.24) is 10.6 Å². The minimum absolute atomic E-state index is 0.759. The van der Waals surface area contributed by atoms with Crippen molar-refractivity contribution in [2.75, 3.05) is 26.7 Å². The minimum Gasteiger partial charge on any atom is -0.319 e. The molecule has 0 aromatic rings. The van der Waals surface area contributed by atoms with Gasteiger partial charge in [-0.15, -0.1) is 0 Å². The van der Waals surface area contributed by atoms with Crippen molar-refractivity contribution >= 4 is 0 Å². The molecular weight excluding hydrogens is 148 g/mol.